The van der Waals surface area contributed by atoms with Crippen LogP contribution in [0.5, 0.6) is 0 Å². The van der Waals surface area contributed by atoms with E-state index in [0.29, 0.717) is 11.6 Å². The van der Waals surface area contributed by atoms with E-state index in [1.165, 1.54) is 17.1 Å². The maximum absolute atomic E-state index is 12.2. The first-order valence-corrected chi connectivity index (χ1v) is 7.56. The molecule has 0 unspecified atom stereocenters. The Morgan fingerprint density at radius 1 is 1.35 bits per heavy atom. The molecule has 1 saturated heterocycles. The van der Waals surface area contributed by atoms with Gasteiger partial charge in [0, 0.05) is 30.4 Å². The van der Waals surface area contributed by atoms with Crippen molar-refractivity contribution < 1.29 is 4.79 Å². The van der Waals surface area contributed by atoms with Crippen molar-refractivity contribution in [2.75, 3.05) is 13.1 Å². The molecule has 20 heavy (non-hydrogen) atoms. The van der Waals surface area contributed by atoms with Crippen LogP contribution in [0.2, 0.25) is 0 Å². The summed E-state index contributed by atoms with van der Waals surface area (Å²) in [5.41, 5.74) is 2.78. The number of aryl methyl sites for hydroxylation is 1. The fraction of sp³-hybridized carbons (Fsp3) is 0.429. The minimum absolute atomic E-state index is 0.000712. The van der Waals surface area contributed by atoms with Gasteiger partial charge in [-0.15, -0.1) is 5.10 Å². The topological polar surface area (TPSA) is 59.0 Å². The van der Waals surface area contributed by atoms with Crippen molar-refractivity contribution in [3.63, 3.8) is 0 Å². The molecule has 0 bridgehead atoms. The van der Waals surface area contributed by atoms with Crippen LogP contribution in [0.4, 0.5) is 0 Å². The Balaban J connectivity index is 1.62. The van der Waals surface area contributed by atoms with Gasteiger partial charge in [0.05, 0.1) is 0 Å². The second-order valence-electron chi connectivity index (χ2n) is 5.09. The third-order valence-electron chi connectivity index (χ3n) is 3.77. The van der Waals surface area contributed by atoms with Crippen LogP contribution in [0.3, 0.4) is 0 Å². The molecule has 1 amide bonds. The van der Waals surface area contributed by atoms with Gasteiger partial charge < -0.3 is 4.90 Å². The van der Waals surface area contributed by atoms with Gasteiger partial charge in [0.15, 0.2) is 5.69 Å². The third-order valence-corrected chi connectivity index (χ3v) is 4.27. The molecule has 0 spiro atoms. The highest BCUT2D eigenvalue weighted by Crippen LogP contribution is 2.28. The van der Waals surface area contributed by atoms with Gasteiger partial charge in [0.25, 0.3) is 5.91 Å². The van der Waals surface area contributed by atoms with Crippen molar-refractivity contribution in [1.82, 2.24) is 19.5 Å². The third kappa shape index (κ3) is 2.70. The van der Waals surface area contributed by atoms with E-state index in [9.17, 15) is 4.79 Å². The molecule has 2 aromatic heterocycles. The summed E-state index contributed by atoms with van der Waals surface area (Å²) >= 11 is 1.21. The van der Waals surface area contributed by atoms with E-state index in [-0.39, 0.29) is 5.91 Å². The van der Waals surface area contributed by atoms with Gasteiger partial charge in [-0.25, -0.2) is 0 Å². The highest BCUT2D eigenvalue weighted by atomic mass is 32.1. The van der Waals surface area contributed by atoms with Crippen molar-refractivity contribution in [3.8, 4) is 0 Å². The molecule has 1 fully saturated rings. The highest BCUT2D eigenvalue weighted by molar-refractivity contribution is 7.03. The number of hydrogen-bond donors (Lipinski definition) is 0. The van der Waals surface area contributed by atoms with Crippen molar-refractivity contribution in [1.29, 1.82) is 0 Å². The normalized spacial score (nSPS) is 16.4. The summed E-state index contributed by atoms with van der Waals surface area (Å²) in [7, 11) is 0. The second kappa shape index (κ2) is 5.66. The average molecular weight is 288 g/mol. The van der Waals surface area contributed by atoms with Crippen LogP contribution in [-0.2, 0) is 0 Å². The molecule has 1 aliphatic heterocycles. The second-order valence-corrected chi connectivity index (χ2v) is 5.70. The molecule has 0 atom stereocenters. The van der Waals surface area contributed by atoms with Crippen molar-refractivity contribution in [2.45, 2.75) is 25.7 Å². The Labute approximate surface area is 121 Å². The van der Waals surface area contributed by atoms with Crippen LogP contribution < -0.4 is 0 Å². The Kier molecular flexibility index (Phi) is 3.73. The average Bonchev–Trinajstić information content (AvgIpc) is 3.02. The summed E-state index contributed by atoms with van der Waals surface area (Å²) in [5, 5.41) is 5.55. The number of carbonyl (C=O) groups is 1. The number of rotatable bonds is 2. The molecule has 0 aliphatic carbocycles. The Morgan fingerprint density at radius 3 is 2.75 bits per heavy atom. The molecule has 3 heterocycles. The molecule has 0 saturated carbocycles. The van der Waals surface area contributed by atoms with E-state index in [4.69, 9.17) is 0 Å². The number of piperidine rings is 1. The maximum atomic E-state index is 12.2. The SMILES string of the molecule is Cc1ccc(C2CCN(C(=O)c3csnn3)CC2)cn1. The molecule has 3 rings (SSSR count). The molecule has 0 aromatic carbocycles. The summed E-state index contributed by atoms with van der Waals surface area (Å²) < 4.78 is 3.74. The minimum Gasteiger partial charge on any atom is -0.337 e. The fourth-order valence-electron chi connectivity index (χ4n) is 2.56. The minimum atomic E-state index is -0.000712. The first kappa shape index (κ1) is 13.2. The molecule has 2 aromatic rings. The number of likely N-dealkylation sites (tertiary alicyclic amines) is 1. The van der Waals surface area contributed by atoms with E-state index in [1.807, 2.05) is 24.1 Å². The summed E-state index contributed by atoms with van der Waals surface area (Å²) in [6, 6.07) is 4.20. The van der Waals surface area contributed by atoms with Crippen molar-refractivity contribution in [3.05, 3.63) is 40.7 Å². The lowest BCUT2D eigenvalue weighted by Gasteiger charge is -2.31. The van der Waals surface area contributed by atoms with Gasteiger partial charge in [0.2, 0.25) is 0 Å². The van der Waals surface area contributed by atoms with Crippen molar-refractivity contribution >= 4 is 17.4 Å². The van der Waals surface area contributed by atoms with Gasteiger partial charge in [0.1, 0.15) is 0 Å². The summed E-state index contributed by atoms with van der Waals surface area (Å²) in [6.45, 7) is 3.54. The Hall–Kier alpha value is -1.82. The maximum Gasteiger partial charge on any atom is 0.275 e. The van der Waals surface area contributed by atoms with Crippen LogP contribution in [0.25, 0.3) is 0 Å². The molecule has 1 aliphatic rings. The van der Waals surface area contributed by atoms with Gasteiger partial charge in [-0.3, -0.25) is 9.78 Å². The van der Waals surface area contributed by atoms with E-state index < -0.39 is 0 Å². The predicted molar refractivity (Wildman–Crippen MR) is 76.8 cm³/mol. The monoisotopic (exact) mass is 288 g/mol. The number of pyridine rings is 1. The lowest BCUT2D eigenvalue weighted by Crippen LogP contribution is -2.38. The summed E-state index contributed by atoms with van der Waals surface area (Å²) in [5.74, 6) is 0.500. The molecule has 6 heteroatoms. The number of carbonyl (C=O) groups excluding carboxylic acids is 1. The van der Waals surface area contributed by atoms with Crippen LogP contribution in [0.1, 0.15) is 40.5 Å². The zero-order chi connectivity index (χ0) is 13.9. The van der Waals surface area contributed by atoms with Gasteiger partial charge in [-0.2, -0.15) is 0 Å². The first-order chi connectivity index (χ1) is 9.74. The van der Waals surface area contributed by atoms with Crippen LogP contribution in [0.15, 0.2) is 23.7 Å². The van der Waals surface area contributed by atoms with E-state index in [2.05, 4.69) is 20.6 Å². The number of aromatic nitrogens is 3. The lowest BCUT2D eigenvalue weighted by molar-refractivity contribution is 0.0707. The molecule has 0 radical (unpaired) electrons. The van der Waals surface area contributed by atoms with Gasteiger partial charge >= 0.3 is 0 Å². The lowest BCUT2D eigenvalue weighted by atomic mass is 9.90. The van der Waals surface area contributed by atoms with Crippen molar-refractivity contribution in [2.24, 2.45) is 0 Å². The highest BCUT2D eigenvalue weighted by Gasteiger charge is 2.25. The largest absolute Gasteiger partial charge is 0.337 e. The van der Waals surface area contributed by atoms with Gasteiger partial charge in [-0.1, -0.05) is 10.6 Å². The molecule has 5 nitrogen and oxygen atoms in total. The Bertz CT molecular complexity index is 574. The zero-order valence-corrected chi connectivity index (χ0v) is 12.1. The Morgan fingerprint density at radius 2 is 2.15 bits per heavy atom. The molecule has 104 valence electrons. The predicted octanol–water partition coefficient (Wildman–Crippen LogP) is 2.26. The number of nitrogens with zero attached hydrogens (tertiary/aromatic N) is 4. The quantitative estimate of drug-likeness (QED) is 0.850. The van der Waals surface area contributed by atoms with Crippen LogP contribution in [0, 0.1) is 6.92 Å². The molecular weight excluding hydrogens is 272 g/mol. The van der Waals surface area contributed by atoms with E-state index in [1.54, 1.807) is 5.38 Å². The zero-order valence-electron chi connectivity index (χ0n) is 11.3. The fourth-order valence-corrected chi connectivity index (χ4v) is 2.99. The van der Waals surface area contributed by atoms with E-state index in [0.717, 1.165) is 31.6 Å². The smallest absolute Gasteiger partial charge is 0.275 e. The first-order valence-electron chi connectivity index (χ1n) is 6.73. The van der Waals surface area contributed by atoms with Crippen LogP contribution >= 0.6 is 11.5 Å². The number of amides is 1. The number of hydrogen-bond acceptors (Lipinski definition) is 5. The summed E-state index contributed by atoms with van der Waals surface area (Å²) in [6.07, 6.45) is 3.92. The molecular formula is C14H16N4OS. The van der Waals surface area contributed by atoms with Crippen LogP contribution in [-0.4, -0.2) is 38.5 Å². The van der Waals surface area contributed by atoms with Gasteiger partial charge in [-0.05, 0) is 48.8 Å². The van der Waals surface area contributed by atoms with E-state index >= 15 is 0 Å². The standard InChI is InChI=1S/C14H16N4OS/c1-10-2-3-12(8-15-10)11-4-6-18(7-5-11)14(19)13-9-20-17-16-13/h2-3,8-9,11H,4-7H2,1H3. The summed E-state index contributed by atoms with van der Waals surface area (Å²) in [4.78, 5) is 18.4. The molecule has 0 N–H and O–H groups in total.